The standard InChI is InChI=1S/C17H17N3O5/c1-9(17(23)24)19-15(21)11-4-6-12(7-5-11)20-16(22)14-13(10-2-3-10)18-8-25-14/h4-10H,2-3H2,1H3,(H,19,21)(H,20,22)(H,23,24). The summed E-state index contributed by atoms with van der Waals surface area (Å²) >= 11 is 0. The number of hydrogen-bond donors (Lipinski definition) is 3. The Hall–Kier alpha value is -3.16. The first-order chi connectivity index (χ1) is 12.0. The molecule has 1 fully saturated rings. The Morgan fingerprint density at radius 2 is 1.88 bits per heavy atom. The van der Waals surface area contributed by atoms with Gasteiger partial charge in [-0.2, -0.15) is 0 Å². The van der Waals surface area contributed by atoms with Crippen molar-refractivity contribution in [1.29, 1.82) is 0 Å². The molecule has 130 valence electrons. The topological polar surface area (TPSA) is 122 Å². The molecule has 1 aromatic heterocycles. The number of benzene rings is 1. The highest BCUT2D eigenvalue weighted by Crippen LogP contribution is 2.40. The van der Waals surface area contributed by atoms with Gasteiger partial charge in [0, 0.05) is 17.2 Å². The largest absolute Gasteiger partial charge is 0.480 e. The molecule has 1 atom stereocenters. The zero-order chi connectivity index (χ0) is 18.0. The summed E-state index contributed by atoms with van der Waals surface area (Å²) in [6, 6.07) is 5.14. The van der Waals surface area contributed by atoms with Gasteiger partial charge in [0.1, 0.15) is 6.04 Å². The van der Waals surface area contributed by atoms with E-state index in [4.69, 9.17) is 9.52 Å². The number of carbonyl (C=O) groups is 3. The Morgan fingerprint density at radius 3 is 2.48 bits per heavy atom. The van der Waals surface area contributed by atoms with Crippen LogP contribution >= 0.6 is 0 Å². The highest BCUT2D eigenvalue weighted by atomic mass is 16.4. The maximum Gasteiger partial charge on any atom is 0.325 e. The van der Waals surface area contributed by atoms with Gasteiger partial charge in [0.2, 0.25) is 5.76 Å². The van der Waals surface area contributed by atoms with Gasteiger partial charge in [-0.3, -0.25) is 14.4 Å². The summed E-state index contributed by atoms with van der Waals surface area (Å²) in [5.74, 6) is -1.51. The molecule has 1 aromatic carbocycles. The first-order valence-electron chi connectivity index (χ1n) is 7.84. The third-order valence-corrected chi connectivity index (χ3v) is 3.89. The number of carboxylic acids is 1. The third kappa shape index (κ3) is 3.85. The summed E-state index contributed by atoms with van der Waals surface area (Å²) in [6.45, 7) is 1.38. The Labute approximate surface area is 143 Å². The lowest BCUT2D eigenvalue weighted by atomic mass is 10.1. The van der Waals surface area contributed by atoms with Crippen LogP contribution in [0, 0.1) is 0 Å². The Morgan fingerprint density at radius 1 is 1.20 bits per heavy atom. The van der Waals surface area contributed by atoms with Crippen LogP contribution in [0.3, 0.4) is 0 Å². The molecule has 25 heavy (non-hydrogen) atoms. The zero-order valence-corrected chi connectivity index (χ0v) is 13.5. The fourth-order valence-electron chi connectivity index (χ4n) is 2.31. The lowest BCUT2D eigenvalue weighted by molar-refractivity contribution is -0.138. The van der Waals surface area contributed by atoms with Crippen molar-refractivity contribution in [1.82, 2.24) is 10.3 Å². The predicted octanol–water partition coefficient (Wildman–Crippen LogP) is 2.01. The molecular weight excluding hydrogens is 326 g/mol. The predicted molar refractivity (Wildman–Crippen MR) is 87.4 cm³/mol. The van der Waals surface area contributed by atoms with Crippen molar-refractivity contribution < 1.29 is 23.9 Å². The van der Waals surface area contributed by atoms with E-state index in [2.05, 4.69) is 15.6 Å². The summed E-state index contributed by atoms with van der Waals surface area (Å²) in [5, 5.41) is 13.9. The molecule has 0 spiro atoms. The minimum Gasteiger partial charge on any atom is -0.480 e. The van der Waals surface area contributed by atoms with E-state index >= 15 is 0 Å². The van der Waals surface area contributed by atoms with Crippen molar-refractivity contribution in [2.45, 2.75) is 31.7 Å². The Balaban J connectivity index is 1.64. The molecule has 8 nitrogen and oxygen atoms in total. The Bertz CT molecular complexity index is 808. The van der Waals surface area contributed by atoms with Gasteiger partial charge in [0.05, 0.1) is 5.69 Å². The average molecular weight is 343 g/mol. The van der Waals surface area contributed by atoms with E-state index in [-0.39, 0.29) is 5.76 Å². The van der Waals surface area contributed by atoms with Crippen LogP contribution in [0.15, 0.2) is 35.1 Å². The SMILES string of the molecule is CC(NC(=O)c1ccc(NC(=O)c2ocnc2C2CC2)cc1)C(=O)O. The summed E-state index contributed by atoms with van der Waals surface area (Å²) in [7, 11) is 0. The van der Waals surface area contributed by atoms with Gasteiger partial charge in [-0.25, -0.2) is 4.98 Å². The summed E-state index contributed by atoms with van der Waals surface area (Å²) in [4.78, 5) is 39.0. The molecule has 0 bridgehead atoms. The van der Waals surface area contributed by atoms with Crippen LogP contribution in [0.2, 0.25) is 0 Å². The first kappa shape index (κ1) is 16.7. The number of oxazole rings is 1. The van der Waals surface area contributed by atoms with Crippen molar-refractivity contribution >= 4 is 23.5 Å². The fourth-order valence-corrected chi connectivity index (χ4v) is 2.31. The van der Waals surface area contributed by atoms with E-state index in [0.717, 1.165) is 12.8 Å². The van der Waals surface area contributed by atoms with Crippen LogP contribution in [-0.2, 0) is 4.79 Å². The molecule has 0 saturated heterocycles. The third-order valence-electron chi connectivity index (χ3n) is 3.89. The second kappa shape index (κ2) is 6.76. The van der Waals surface area contributed by atoms with Gasteiger partial charge in [-0.1, -0.05) is 0 Å². The minimum atomic E-state index is -1.12. The molecule has 0 aliphatic heterocycles. The second-order valence-corrected chi connectivity index (χ2v) is 5.91. The number of nitrogens with zero attached hydrogens (tertiary/aromatic N) is 1. The molecule has 1 aliphatic rings. The number of nitrogens with one attached hydrogen (secondary N) is 2. The van der Waals surface area contributed by atoms with Gasteiger partial charge in [-0.05, 0) is 44.0 Å². The zero-order valence-electron chi connectivity index (χ0n) is 13.5. The van der Waals surface area contributed by atoms with Crippen LogP contribution in [0.25, 0.3) is 0 Å². The van der Waals surface area contributed by atoms with Crippen molar-refractivity contribution in [3.05, 3.63) is 47.7 Å². The molecule has 2 aromatic rings. The highest BCUT2D eigenvalue weighted by molar-refractivity contribution is 6.03. The van der Waals surface area contributed by atoms with E-state index in [1.807, 2.05) is 0 Å². The van der Waals surface area contributed by atoms with Gasteiger partial charge < -0.3 is 20.2 Å². The van der Waals surface area contributed by atoms with Crippen LogP contribution < -0.4 is 10.6 Å². The van der Waals surface area contributed by atoms with E-state index in [1.165, 1.54) is 25.5 Å². The van der Waals surface area contributed by atoms with E-state index in [9.17, 15) is 14.4 Å². The van der Waals surface area contributed by atoms with E-state index < -0.39 is 23.8 Å². The number of aromatic nitrogens is 1. The smallest absolute Gasteiger partial charge is 0.325 e. The van der Waals surface area contributed by atoms with E-state index in [0.29, 0.717) is 22.9 Å². The highest BCUT2D eigenvalue weighted by Gasteiger charge is 2.32. The summed E-state index contributed by atoms with van der Waals surface area (Å²) in [6.07, 6.45) is 3.27. The van der Waals surface area contributed by atoms with Crippen molar-refractivity contribution in [3.8, 4) is 0 Å². The first-order valence-corrected chi connectivity index (χ1v) is 7.84. The molecule has 3 N–H and O–H groups in total. The number of carbonyl (C=O) groups excluding carboxylic acids is 2. The minimum absolute atomic E-state index is 0.208. The lowest BCUT2D eigenvalue weighted by Crippen LogP contribution is -2.38. The van der Waals surface area contributed by atoms with Gasteiger partial charge in [0.25, 0.3) is 11.8 Å². The molecular formula is C17H17N3O5. The second-order valence-electron chi connectivity index (χ2n) is 5.91. The number of anilines is 1. The molecule has 0 radical (unpaired) electrons. The van der Waals surface area contributed by atoms with Crippen molar-refractivity contribution in [2.24, 2.45) is 0 Å². The van der Waals surface area contributed by atoms with Crippen LogP contribution in [0.4, 0.5) is 5.69 Å². The number of amides is 2. The van der Waals surface area contributed by atoms with Crippen LogP contribution in [0.5, 0.6) is 0 Å². The maximum absolute atomic E-state index is 12.3. The maximum atomic E-state index is 12.3. The van der Waals surface area contributed by atoms with Gasteiger partial charge >= 0.3 is 5.97 Å². The molecule has 1 saturated carbocycles. The van der Waals surface area contributed by atoms with Crippen LogP contribution in [-0.4, -0.2) is 33.9 Å². The summed E-state index contributed by atoms with van der Waals surface area (Å²) < 4.78 is 5.19. The van der Waals surface area contributed by atoms with Crippen molar-refractivity contribution in [3.63, 3.8) is 0 Å². The monoisotopic (exact) mass is 343 g/mol. The van der Waals surface area contributed by atoms with Gasteiger partial charge in [0.15, 0.2) is 6.39 Å². The average Bonchev–Trinajstić information content (AvgIpc) is 3.31. The number of aliphatic carboxylic acids is 1. The van der Waals surface area contributed by atoms with Crippen molar-refractivity contribution in [2.75, 3.05) is 5.32 Å². The quantitative estimate of drug-likeness (QED) is 0.737. The molecule has 1 heterocycles. The number of rotatable bonds is 6. The fraction of sp³-hybridized carbons (Fsp3) is 0.294. The normalized spacial score (nSPS) is 14.6. The number of hydrogen-bond acceptors (Lipinski definition) is 5. The molecule has 1 aliphatic carbocycles. The van der Waals surface area contributed by atoms with E-state index in [1.54, 1.807) is 12.1 Å². The van der Waals surface area contributed by atoms with Crippen LogP contribution in [0.1, 0.15) is 52.3 Å². The molecule has 8 heteroatoms. The Kier molecular flexibility index (Phi) is 4.51. The lowest BCUT2D eigenvalue weighted by Gasteiger charge is -2.10. The molecule has 1 unspecified atom stereocenters. The number of carboxylic acid groups (broad SMARTS) is 1. The van der Waals surface area contributed by atoms with Gasteiger partial charge in [-0.15, -0.1) is 0 Å². The molecule has 3 rings (SSSR count). The summed E-state index contributed by atoms with van der Waals surface area (Å²) in [5.41, 5.74) is 1.46. The molecule has 2 amide bonds.